The number of aliphatic carboxylic acids is 1. The smallest absolute Gasteiger partial charge is 0.323 e. The molecule has 11 nitrogen and oxygen atoms in total. The standard InChI is InChI=1S/C27H25N5O6S2/c1-16-3-2-6-31-23(16)28-24(18(25(31)35)12-21-26(36)32(14-22(33)34)27(39)40-21)30-9-7-29(8-10-30)13-17-4-5-19-20(11-17)38-15-37-19/h2-6,11-12H,7-10,13-15H2,1H3,(H,33,34). The topological polar surface area (TPSA) is 117 Å². The van der Waals surface area contributed by atoms with E-state index in [4.69, 9.17) is 26.7 Å². The largest absolute Gasteiger partial charge is 0.480 e. The first-order valence-electron chi connectivity index (χ1n) is 12.6. The zero-order chi connectivity index (χ0) is 28.0. The molecule has 1 N–H and O–H groups in total. The Morgan fingerprint density at radius 2 is 1.93 bits per heavy atom. The van der Waals surface area contributed by atoms with Gasteiger partial charge in [0, 0.05) is 38.9 Å². The van der Waals surface area contributed by atoms with E-state index in [1.54, 1.807) is 12.3 Å². The molecule has 2 fully saturated rings. The van der Waals surface area contributed by atoms with E-state index < -0.39 is 18.4 Å². The molecular weight excluding hydrogens is 554 g/mol. The fourth-order valence-electron chi connectivity index (χ4n) is 4.99. The minimum atomic E-state index is -1.17. The van der Waals surface area contributed by atoms with Gasteiger partial charge < -0.3 is 19.5 Å². The molecule has 0 saturated carbocycles. The summed E-state index contributed by atoms with van der Waals surface area (Å²) in [5.41, 5.74) is 2.47. The molecule has 2 aromatic heterocycles. The van der Waals surface area contributed by atoms with Crippen LogP contribution in [0.25, 0.3) is 11.7 Å². The summed E-state index contributed by atoms with van der Waals surface area (Å²) in [6.45, 7) is 5.07. The predicted molar refractivity (Wildman–Crippen MR) is 154 cm³/mol. The predicted octanol–water partition coefficient (Wildman–Crippen LogP) is 2.34. The summed E-state index contributed by atoms with van der Waals surface area (Å²) in [5.74, 6) is 0.298. The maximum absolute atomic E-state index is 13.7. The van der Waals surface area contributed by atoms with Crippen LogP contribution in [0.3, 0.4) is 0 Å². The third kappa shape index (κ3) is 4.91. The number of fused-ring (bicyclic) bond motifs is 2. The maximum atomic E-state index is 13.7. The first-order chi connectivity index (χ1) is 19.3. The van der Waals surface area contributed by atoms with Gasteiger partial charge in [-0.25, -0.2) is 4.98 Å². The molecule has 2 saturated heterocycles. The lowest BCUT2D eigenvalue weighted by Gasteiger charge is -2.36. The van der Waals surface area contributed by atoms with Gasteiger partial charge in [0.05, 0.1) is 10.5 Å². The minimum Gasteiger partial charge on any atom is -0.480 e. The fraction of sp³-hybridized carbons (Fsp3) is 0.296. The molecule has 3 aliphatic rings. The van der Waals surface area contributed by atoms with Crippen molar-refractivity contribution in [1.82, 2.24) is 19.2 Å². The Bertz CT molecular complexity index is 1650. The number of rotatable bonds is 6. The number of aromatic nitrogens is 2. The third-order valence-corrected chi connectivity index (χ3v) is 8.40. The molecule has 40 heavy (non-hydrogen) atoms. The van der Waals surface area contributed by atoms with Crippen LogP contribution in [-0.4, -0.2) is 80.0 Å². The van der Waals surface area contributed by atoms with Crippen molar-refractivity contribution in [1.29, 1.82) is 0 Å². The highest BCUT2D eigenvalue weighted by atomic mass is 32.2. The zero-order valence-corrected chi connectivity index (χ0v) is 23.2. The van der Waals surface area contributed by atoms with Gasteiger partial charge in [-0.1, -0.05) is 36.1 Å². The molecule has 206 valence electrons. The van der Waals surface area contributed by atoms with Crippen LogP contribution in [0.4, 0.5) is 5.82 Å². The number of hydrogen-bond donors (Lipinski definition) is 1. The number of benzene rings is 1. The van der Waals surface area contributed by atoms with Gasteiger partial charge in [-0.15, -0.1) is 0 Å². The van der Waals surface area contributed by atoms with Crippen LogP contribution in [0.1, 0.15) is 16.7 Å². The lowest BCUT2D eigenvalue weighted by Crippen LogP contribution is -2.47. The Hall–Kier alpha value is -3.94. The van der Waals surface area contributed by atoms with Gasteiger partial charge in [-0.05, 0) is 42.3 Å². The number of hydrogen-bond acceptors (Lipinski definition) is 10. The van der Waals surface area contributed by atoms with Crippen LogP contribution in [0.5, 0.6) is 11.5 Å². The number of nitrogens with zero attached hydrogens (tertiary/aromatic N) is 5. The summed E-state index contributed by atoms with van der Waals surface area (Å²) in [6.07, 6.45) is 3.15. The van der Waals surface area contributed by atoms with Crippen LogP contribution in [0.15, 0.2) is 46.2 Å². The molecular formula is C27H25N5O6S2. The lowest BCUT2D eigenvalue weighted by atomic mass is 10.1. The van der Waals surface area contributed by atoms with Crippen molar-refractivity contribution in [3.8, 4) is 11.5 Å². The van der Waals surface area contributed by atoms with Crippen molar-refractivity contribution < 1.29 is 24.2 Å². The second-order valence-electron chi connectivity index (χ2n) is 9.65. The van der Waals surface area contributed by atoms with Gasteiger partial charge in [-0.3, -0.25) is 28.6 Å². The molecule has 3 aromatic rings. The first kappa shape index (κ1) is 26.3. The van der Waals surface area contributed by atoms with E-state index in [-0.39, 0.29) is 27.1 Å². The minimum absolute atomic E-state index is 0.141. The van der Waals surface area contributed by atoms with Crippen LogP contribution < -0.4 is 19.9 Å². The number of ether oxygens (including phenoxy) is 2. The van der Waals surface area contributed by atoms with Crippen molar-refractivity contribution in [3.05, 3.63) is 68.5 Å². The molecule has 1 aromatic carbocycles. The van der Waals surface area contributed by atoms with Crippen LogP contribution >= 0.6 is 24.0 Å². The molecule has 6 rings (SSSR count). The van der Waals surface area contributed by atoms with Crippen molar-refractivity contribution in [3.63, 3.8) is 0 Å². The van der Waals surface area contributed by atoms with Crippen molar-refractivity contribution in [2.24, 2.45) is 0 Å². The molecule has 1 amide bonds. The van der Waals surface area contributed by atoms with Gasteiger partial charge in [0.2, 0.25) is 6.79 Å². The number of thioether (sulfide) groups is 1. The summed E-state index contributed by atoms with van der Waals surface area (Å²) in [7, 11) is 0. The van der Waals surface area contributed by atoms with E-state index in [1.165, 1.54) is 10.5 Å². The highest BCUT2D eigenvalue weighted by molar-refractivity contribution is 8.26. The number of carbonyl (C=O) groups is 2. The Morgan fingerprint density at radius 3 is 2.70 bits per heavy atom. The zero-order valence-electron chi connectivity index (χ0n) is 21.5. The Kier molecular flexibility index (Phi) is 6.94. The Morgan fingerprint density at radius 1 is 1.15 bits per heavy atom. The number of pyridine rings is 1. The first-order valence-corrected chi connectivity index (χ1v) is 13.9. The van der Waals surface area contributed by atoms with Gasteiger partial charge >= 0.3 is 5.97 Å². The average Bonchev–Trinajstić information content (AvgIpc) is 3.50. The van der Waals surface area contributed by atoms with Crippen molar-refractivity contribution in [2.45, 2.75) is 13.5 Å². The molecule has 13 heteroatoms. The quantitative estimate of drug-likeness (QED) is 0.343. The lowest BCUT2D eigenvalue weighted by molar-refractivity contribution is -0.140. The van der Waals surface area contributed by atoms with E-state index in [0.29, 0.717) is 24.6 Å². The summed E-state index contributed by atoms with van der Waals surface area (Å²) in [6, 6.07) is 9.63. The van der Waals surface area contributed by atoms with Gasteiger partial charge in [0.1, 0.15) is 22.3 Å². The van der Waals surface area contributed by atoms with E-state index in [0.717, 1.165) is 58.9 Å². The summed E-state index contributed by atoms with van der Waals surface area (Å²) in [4.78, 5) is 48.4. The van der Waals surface area contributed by atoms with Crippen LogP contribution in [0, 0.1) is 6.92 Å². The maximum Gasteiger partial charge on any atom is 0.323 e. The fourth-order valence-corrected chi connectivity index (χ4v) is 6.22. The second kappa shape index (κ2) is 10.6. The number of piperazine rings is 1. The molecule has 0 aliphatic carbocycles. The highest BCUT2D eigenvalue weighted by Gasteiger charge is 2.34. The average molecular weight is 580 g/mol. The number of carboxylic acids is 1. The van der Waals surface area contributed by atoms with E-state index >= 15 is 0 Å². The molecule has 0 bridgehead atoms. The molecule has 0 atom stereocenters. The number of aryl methyl sites for hydroxylation is 1. The highest BCUT2D eigenvalue weighted by Crippen LogP contribution is 2.34. The molecule has 0 radical (unpaired) electrons. The van der Waals surface area contributed by atoms with Crippen LogP contribution in [0.2, 0.25) is 0 Å². The summed E-state index contributed by atoms with van der Waals surface area (Å²) >= 11 is 6.23. The van der Waals surface area contributed by atoms with Crippen molar-refractivity contribution >= 4 is 57.7 Å². The number of carbonyl (C=O) groups excluding carboxylic acids is 1. The van der Waals surface area contributed by atoms with E-state index in [2.05, 4.69) is 9.80 Å². The van der Waals surface area contributed by atoms with E-state index in [9.17, 15) is 19.5 Å². The molecule has 3 aliphatic heterocycles. The number of carboxylic acid groups (broad SMARTS) is 1. The molecule has 0 spiro atoms. The molecule has 5 heterocycles. The summed E-state index contributed by atoms with van der Waals surface area (Å²) in [5, 5.41) is 9.18. The monoisotopic (exact) mass is 579 g/mol. The Balaban J connectivity index is 1.30. The van der Waals surface area contributed by atoms with Crippen LogP contribution in [-0.2, 0) is 16.1 Å². The SMILES string of the molecule is Cc1cccn2c(=O)c(C=C3SC(=S)N(CC(=O)O)C3=O)c(N3CCN(Cc4ccc5c(c4)OCO5)CC3)nc12. The van der Waals surface area contributed by atoms with Gasteiger partial charge in [-0.2, -0.15) is 0 Å². The molecule has 0 unspecified atom stereocenters. The van der Waals surface area contributed by atoms with E-state index in [1.807, 2.05) is 31.2 Å². The van der Waals surface area contributed by atoms with Crippen molar-refractivity contribution in [2.75, 3.05) is 44.4 Å². The van der Waals surface area contributed by atoms with Gasteiger partial charge in [0.25, 0.3) is 11.5 Å². The Labute approximate surface area is 238 Å². The van der Waals surface area contributed by atoms with Gasteiger partial charge in [0.15, 0.2) is 11.5 Å². The number of anilines is 1. The second-order valence-corrected chi connectivity index (χ2v) is 11.3. The number of thiocarbonyl (C=S) groups is 1. The number of amides is 1. The summed E-state index contributed by atoms with van der Waals surface area (Å²) < 4.78 is 12.5. The normalized spacial score (nSPS) is 18.4. The third-order valence-electron chi connectivity index (χ3n) is 7.02.